The molecule has 19 heavy (non-hydrogen) atoms. The van der Waals surface area contributed by atoms with Crippen molar-refractivity contribution in [2.75, 3.05) is 12.4 Å². The molecule has 1 N–H and O–H groups in total. The maximum absolute atomic E-state index is 11.8. The van der Waals surface area contributed by atoms with E-state index in [1.807, 2.05) is 19.9 Å². The summed E-state index contributed by atoms with van der Waals surface area (Å²) in [6, 6.07) is 1.93. The van der Waals surface area contributed by atoms with Crippen molar-refractivity contribution in [1.29, 1.82) is 0 Å². The standard InChI is InChI=1S/C11H15N5O2S/c1-7-4-8(2)16(14-7)5-10(17)13-11-12-9(6-18-3)15-19-11/h4H,5-6H2,1-3H3,(H,12,13,15,17). The Morgan fingerprint density at radius 1 is 1.53 bits per heavy atom. The summed E-state index contributed by atoms with van der Waals surface area (Å²) >= 11 is 1.14. The van der Waals surface area contributed by atoms with Gasteiger partial charge >= 0.3 is 0 Å². The van der Waals surface area contributed by atoms with Gasteiger partial charge in [-0.2, -0.15) is 9.47 Å². The highest BCUT2D eigenvalue weighted by Crippen LogP contribution is 2.11. The van der Waals surface area contributed by atoms with Crippen LogP contribution in [0.3, 0.4) is 0 Å². The Labute approximate surface area is 114 Å². The Hall–Kier alpha value is -1.80. The number of anilines is 1. The first-order chi connectivity index (χ1) is 9.08. The highest BCUT2D eigenvalue weighted by Gasteiger charge is 2.10. The van der Waals surface area contributed by atoms with Crippen LogP contribution in [0.4, 0.5) is 5.13 Å². The summed E-state index contributed by atoms with van der Waals surface area (Å²) < 4.78 is 10.6. The normalized spacial score (nSPS) is 10.7. The molecule has 0 saturated carbocycles. The minimum absolute atomic E-state index is 0.166. The first-order valence-electron chi connectivity index (χ1n) is 5.71. The predicted octanol–water partition coefficient (Wildman–Crippen LogP) is 1.14. The Morgan fingerprint density at radius 2 is 2.32 bits per heavy atom. The number of hydrogen-bond acceptors (Lipinski definition) is 6. The maximum atomic E-state index is 11.8. The minimum atomic E-state index is -0.175. The lowest BCUT2D eigenvalue weighted by Gasteiger charge is -2.03. The number of carbonyl (C=O) groups is 1. The van der Waals surface area contributed by atoms with Gasteiger partial charge in [0, 0.05) is 24.3 Å². The third-order valence-electron chi connectivity index (χ3n) is 2.38. The molecule has 0 atom stereocenters. The van der Waals surface area contributed by atoms with Gasteiger partial charge < -0.3 is 4.74 Å². The second-order valence-electron chi connectivity index (χ2n) is 4.08. The molecule has 0 aliphatic heterocycles. The number of carbonyl (C=O) groups excluding carboxylic acids is 1. The molecule has 0 aliphatic rings. The van der Waals surface area contributed by atoms with Crippen molar-refractivity contribution in [2.45, 2.75) is 27.0 Å². The Morgan fingerprint density at radius 3 is 2.95 bits per heavy atom. The van der Waals surface area contributed by atoms with Crippen LogP contribution in [0.15, 0.2) is 6.07 Å². The van der Waals surface area contributed by atoms with Crippen LogP contribution in [0.2, 0.25) is 0 Å². The molecule has 102 valence electrons. The molecule has 8 heteroatoms. The lowest BCUT2D eigenvalue weighted by atomic mass is 10.4. The summed E-state index contributed by atoms with van der Waals surface area (Å²) in [5, 5.41) is 7.40. The molecule has 0 aromatic carbocycles. The van der Waals surface area contributed by atoms with Crippen molar-refractivity contribution in [3.8, 4) is 0 Å². The topological polar surface area (TPSA) is 81.9 Å². The van der Waals surface area contributed by atoms with Gasteiger partial charge in [0.05, 0.1) is 5.69 Å². The highest BCUT2D eigenvalue weighted by molar-refractivity contribution is 7.09. The molecule has 0 fully saturated rings. The van der Waals surface area contributed by atoms with Gasteiger partial charge in [0.2, 0.25) is 11.0 Å². The first-order valence-corrected chi connectivity index (χ1v) is 6.48. The largest absolute Gasteiger partial charge is 0.377 e. The lowest BCUT2D eigenvalue weighted by Crippen LogP contribution is -2.20. The number of aryl methyl sites for hydroxylation is 2. The maximum Gasteiger partial charge on any atom is 0.247 e. The summed E-state index contributed by atoms with van der Waals surface area (Å²) in [7, 11) is 1.57. The predicted molar refractivity (Wildman–Crippen MR) is 71.0 cm³/mol. The summed E-state index contributed by atoms with van der Waals surface area (Å²) in [5.41, 5.74) is 1.84. The SMILES string of the molecule is COCc1nsc(NC(=O)Cn2nc(C)cc2C)n1. The second-order valence-corrected chi connectivity index (χ2v) is 4.83. The highest BCUT2D eigenvalue weighted by atomic mass is 32.1. The van der Waals surface area contributed by atoms with E-state index in [2.05, 4.69) is 19.8 Å². The van der Waals surface area contributed by atoms with E-state index in [1.165, 1.54) is 0 Å². The molecular weight excluding hydrogens is 266 g/mol. The molecule has 0 spiro atoms. The van der Waals surface area contributed by atoms with Crippen LogP contribution in [0.25, 0.3) is 0 Å². The summed E-state index contributed by atoms with van der Waals surface area (Å²) in [5.74, 6) is 0.389. The van der Waals surface area contributed by atoms with Gasteiger partial charge in [0.1, 0.15) is 13.2 Å². The van der Waals surface area contributed by atoms with Crippen LogP contribution in [0, 0.1) is 13.8 Å². The van der Waals surface area contributed by atoms with Crippen molar-refractivity contribution in [3.05, 3.63) is 23.3 Å². The van der Waals surface area contributed by atoms with E-state index in [-0.39, 0.29) is 12.5 Å². The van der Waals surface area contributed by atoms with E-state index >= 15 is 0 Å². The Bertz CT molecular complexity index is 577. The minimum Gasteiger partial charge on any atom is -0.377 e. The van der Waals surface area contributed by atoms with Crippen molar-refractivity contribution >= 4 is 22.6 Å². The molecule has 7 nitrogen and oxygen atoms in total. The van der Waals surface area contributed by atoms with Gasteiger partial charge in [-0.25, -0.2) is 4.98 Å². The first kappa shape index (κ1) is 13.6. The van der Waals surface area contributed by atoms with Crippen LogP contribution >= 0.6 is 11.5 Å². The molecule has 2 rings (SSSR count). The fourth-order valence-corrected chi connectivity index (χ4v) is 2.21. The van der Waals surface area contributed by atoms with Gasteiger partial charge in [-0.1, -0.05) is 0 Å². The average Bonchev–Trinajstić information content (AvgIpc) is 2.87. The summed E-state index contributed by atoms with van der Waals surface area (Å²) in [6.07, 6.45) is 0. The second kappa shape index (κ2) is 5.89. The van der Waals surface area contributed by atoms with Crippen molar-refractivity contribution in [2.24, 2.45) is 0 Å². The number of nitrogens with one attached hydrogen (secondary N) is 1. The summed E-state index contributed by atoms with van der Waals surface area (Å²) in [4.78, 5) is 16.0. The smallest absolute Gasteiger partial charge is 0.247 e. The molecule has 0 saturated heterocycles. The number of hydrogen-bond donors (Lipinski definition) is 1. The van der Waals surface area contributed by atoms with E-state index < -0.39 is 0 Å². The summed E-state index contributed by atoms with van der Waals surface area (Å²) in [6.45, 7) is 4.31. The molecule has 2 aromatic rings. The lowest BCUT2D eigenvalue weighted by molar-refractivity contribution is -0.116. The third kappa shape index (κ3) is 3.58. The monoisotopic (exact) mass is 281 g/mol. The molecule has 1 amide bonds. The number of aromatic nitrogens is 4. The van der Waals surface area contributed by atoms with Gasteiger partial charge in [-0.05, 0) is 19.9 Å². The molecule has 0 radical (unpaired) electrons. The zero-order valence-corrected chi connectivity index (χ0v) is 11.8. The van der Waals surface area contributed by atoms with E-state index in [9.17, 15) is 4.79 Å². The van der Waals surface area contributed by atoms with Crippen LogP contribution in [-0.2, 0) is 22.7 Å². The van der Waals surface area contributed by atoms with Crippen LogP contribution in [-0.4, -0.2) is 32.2 Å². The van der Waals surface area contributed by atoms with Gasteiger partial charge in [0.15, 0.2) is 5.82 Å². The zero-order chi connectivity index (χ0) is 13.8. The van der Waals surface area contributed by atoms with Crippen molar-refractivity contribution in [1.82, 2.24) is 19.1 Å². The molecular formula is C11H15N5O2S. The number of amides is 1. The average molecular weight is 281 g/mol. The number of rotatable bonds is 5. The molecule has 0 bridgehead atoms. The molecule has 0 unspecified atom stereocenters. The van der Waals surface area contributed by atoms with Gasteiger partial charge in [-0.15, -0.1) is 0 Å². The molecule has 2 heterocycles. The van der Waals surface area contributed by atoms with Crippen LogP contribution < -0.4 is 5.32 Å². The Balaban J connectivity index is 1.95. The van der Waals surface area contributed by atoms with E-state index in [0.29, 0.717) is 17.6 Å². The van der Waals surface area contributed by atoms with E-state index in [1.54, 1.807) is 11.8 Å². The van der Waals surface area contributed by atoms with Crippen molar-refractivity contribution in [3.63, 3.8) is 0 Å². The Kier molecular flexibility index (Phi) is 4.23. The van der Waals surface area contributed by atoms with E-state index in [0.717, 1.165) is 22.9 Å². The van der Waals surface area contributed by atoms with Crippen molar-refractivity contribution < 1.29 is 9.53 Å². The fraction of sp³-hybridized carbons (Fsp3) is 0.455. The van der Waals surface area contributed by atoms with Gasteiger partial charge in [0.25, 0.3) is 0 Å². The third-order valence-corrected chi connectivity index (χ3v) is 3.05. The van der Waals surface area contributed by atoms with Crippen LogP contribution in [0.1, 0.15) is 17.2 Å². The molecule has 2 aromatic heterocycles. The quantitative estimate of drug-likeness (QED) is 0.888. The van der Waals surface area contributed by atoms with Gasteiger partial charge in [-0.3, -0.25) is 14.8 Å². The zero-order valence-electron chi connectivity index (χ0n) is 11.0. The number of methoxy groups -OCH3 is 1. The number of nitrogens with zero attached hydrogens (tertiary/aromatic N) is 4. The molecule has 0 aliphatic carbocycles. The van der Waals surface area contributed by atoms with E-state index in [4.69, 9.17) is 4.74 Å². The van der Waals surface area contributed by atoms with Crippen LogP contribution in [0.5, 0.6) is 0 Å². The number of ether oxygens (including phenoxy) is 1. The fourth-order valence-electron chi connectivity index (χ4n) is 1.62.